The lowest BCUT2D eigenvalue weighted by Crippen LogP contribution is -3.00. The molecule has 1 rings (SSSR count). The van der Waals surface area contributed by atoms with Crippen LogP contribution in [-0.4, -0.2) is 33.3 Å². The molecule has 0 aliphatic rings. The molecule has 0 aromatic carbocycles. The number of hydrazine groups is 1. The Hall–Kier alpha value is -2.20. The number of halogens is 1. The molecule has 19 heavy (non-hydrogen) atoms. The van der Waals surface area contributed by atoms with Gasteiger partial charge in [-0.3, -0.25) is 31.9 Å². The Balaban J connectivity index is -0.0000000796. The van der Waals surface area contributed by atoms with Crippen LogP contribution in [0.2, 0.25) is 0 Å². The number of carbonyl (C=O) groups excluding carboxylic acids is 1. The number of hydrogen-bond donors (Lipinski definition) is 7. The standard InChI is InChI=1S/C3H5N3.2C2H6N2.CH4N2O.ClH/c1-3-4-2-5-6-3;2*1-2(3)4;2-3-1-4;/h2H,1H3,(H,4,5,6);2*1H3,(H3,3,4);1H,2H2,(H,3,4);1H. The van der Waals surface area contributed by atoms with E-state index in [2.05, 4.69) is 21.0 Å². The molecule has 0 aliphatic carbocycles. The first kappa shape index (κ1) is 25.6. The number of aryl methyl sites for hydroxylation is 1. The van der Waals surface area contributed by atoms with Gasteiger partial charge >= 0.3 is 0 Å². The minimum Gasteiger partial charge on any atom is -1.00 e. The molecule has 0 radical (unpaired) electrons. The Morgan fingerprint density at radius 1 is 1.53 bits per heavy atom. The Morgan fingerprint density at radius 3 is 1.89 bits per heavy atom. The molecule has 0 unspecified atom stereocenters. The second-order valence-electron chi connectivity index (χ2n) is 2.78. The second-order valence-corrected chi connectivity index (χ2v) is 2.78. The van der Waals surface area contributed by atoms with Crippen LogP contribution in [0, 0.1) is 12.3 Å². The highest BCUT2D eigenvalue weighted by molar-refractivity contribution is 5.73. The molecule has 11 heteroatoms. The average Bonchev–Trinajstić information content (AvgIpc) is 2.68. The van der Waals surface area contributed by atoms with Gasteiger partial charge < -0.3 is 18.1 Å². The van der Waals surface area contributed by atoms with Gasteiger partial charge in [-0.05, 0) is 13.8 Å². The minimum absolute atomic E-state index is 0. The Kier molecular flexibility index (Phi) is 28.5. The summed E-state index contributed by atoms with van der Waals surface area (Å²) in [5, 5.41) is 17.3. The minimum atomic E-state index is 0. The molecule has 1 aromatic heterocycles. The number of aromatic nitrogens is 3. The van der Waals surface area contributed by atoms with E-state index in [1.807, 2.05) is 6.92 Å². The first-order valence-corrected chi connectivity index (χ1v) is 4.64. The third-order valence-corrected chi connectivity index (χ3v) is 0.604. The number of amides is 1. The van der Waals surface area contributed by atoms with Gasteiger partial charge in [0.2, 0.25) is 12.2 Å². The Morgan fingerprint density at radius 2 is 1.84 bits per heavy atom. The maximum absolute atomic E-state index is 8.94. The number of nitrogens with one attached hydrogen (secondary N) is 3. The monoisotopic (exact) mass is 295 g/mol. The van der Waals surface area contributed by atoms with E-state index in [-0.39, 0.29) is 18.2 Å². The highest BCUT2D eigenvalue weighted by Gasteiger charge is 1.75. The summed E-state index contributed by atoms with van der Waals surface area (Å²) >= 11 is 0. The molecule has 0 spiro atoms. The maximum Gasteiger partial charge on any atom is 0.235 e. The fourth-order valence-electron chi connectivity index (χ4n) is 0.267. The number of carbonyl (C=O) groups is 1. The van der Waals surface area contributed by atoms with Crippen LogP contribution in [0.3, 0.4) is 0 Å². The summed E-state index contributed by atoms with van der Waals surface area (Å²) in [6.45, 7) is 5.02. The SMILES string of the molecule is CC(=N)N.CC(N)=[NH2+].Cc1ncn[nH]1.NNC=O.[Cl-]. The van der Waals surface area contributed by atoms with Crippen molar-refractivity contribution in [3.8, 4) is 0 Å². The zero-order chi connectivity index (χ0) is 15.0. The molecule has 11 N–H and O–H groups in total. The van der Waals surface area contributed by atoms with Gasteiger partial charge in [-0.15, -0.1) is 0 Å². The first-order chi connectivity index (χ1) is 8.27. The van der Waals surface area contributed by atoms with Crippen molar-refractivity contribution in [3.05, 3.63) is 12.2 Å². The first-order valence-electron chi connectivity index (χ1n) is 4.64. The van der Waals surface area contributed by atoms with Crippen LogP contribution in [0.25, 0.3) is 0 Å². The quantitative estimate of drug-likeness (QED) is 0.0671. The van der Waals surface area contributed by atoms with Crippen molar-refractivity contribution in [2.45, 2.75) is 20.8 Å². The molecule has 1 heterocycles. The van der Waals surface area contributed by atoms with E-state index in [0.717, 1.165) is 5.82 Å². The molecule has 1 aromatic rings. The number of amidine groups is 2. The van der Waals surface area contributed by atoms with Gasteiger partial charge in [-0.2, -0.15) is 5.10 Å². The van der Waals surface area contributed by atoms with Crippen molar-refractivity contribution in [2.75, 3.05) is 0 Å². The zero-order valence-corrected chi connectivity index (χ0v) is 11.9. The molecule has 0 atom stereocenters. The summed E-state index contributed by atoms with van der Waals surface area (Å²) in [5.74, 6) is 5.85. The summed E-state index contributed by atoms with van der Waals surface area (Å²) in [6, 6.07) is 0. The molecule has 0 saturated carbocycles. The molecule has 10 nitrogen and oxygen atoms in total. The van der Waals surface area contributed by atoms with Crippen LogP contribution in [0.5, 0.6) is 0 Å². The summed E-state index contributed by atoms with van der Waals surface area (Å²) in [7, 11) is 0. The third kappa shape index (κ3) is 89.4. The van der Waals surface area contributed by atoms with Gasteiger partial charge in [0.15, 0.2) is 0 Å². The van der Waals surface area contributed by atoms with E-state index in [9.17, 15) is 0 Å². The molecule has 0 bridgehead atoms. The van der Waals surface area contributed by atoms with Crippen molar-refractivity contribution in [1.82, 2.24) is 20.6 Å². The smallest absolute Gasteiger partial charge is 0.235 e. The lowest BCUT2D eigenvalue weighted by atomic mass is 10.8. The van der Waals surface area contributed by atoms with Crippen LogP contribution in [0.1, 0.15) is 19.7 Å². The summed E-state index contributed by atoms with van der Waals surface area (Å²) in [4.78, 5) is 12.7. The molecule has 0 aliphatic heterocycles. The van der Waals surface area contributed by atoms with Crippen molar-refractivity contribution in [2.24, 2.45) is 17.3 Å². The predicted molar refractivity (Wildman–Crippen MR) is 68.9 cm³/mol. The fraction of sp³-hybridized carbons (Fsp3) is 0.375. The van der Waals surface area contributed by atoms with Crippen molar-refractivity contribution in [3.63, 3.8) is 0 Å². The van der Waals surface area contributed by atoms with Crippen LogP contribution in [-0.2, 0) is 4.79 Å². The van der Waals surface area contributed by atoms with Crippen LogP contribution < -0.4 is 40.6 Å². The highest BCUT2D eigenvalue weighted by Crippen LogP contribution is 1.73. The van der Waals surface area contributed by atoms with Crippen LogP contribution in [0.15, 0.2) is 6.33 Å². The van der Waals surface area contributed by atoms with E-state index in [0.29, 0.717) is 12.2 Å². The number of H-pyrrole nitrogens is 1. The third-order valence-electron chi connectivity index (χ3n) is 0.604. The number of rotatable bonds is 1. The van der Waals surface area contributed by atoms with Crippen LogP contribution in [0.4, 0.5) is 0 Å². The van der Waals surface area contributed by atoms with Gasteiger partial charge in [0.25, 0.3) is 0 Å². The van der Waals surface area contributed by atoms with Gasteiger partial charge in [0.05, 0.1) is 5.84 Å². The van der Waals surface area contributed by atoms with Crippen molar-refractivity contribution in [1.29, 1.82) is 5.41 Å². The van der Waals surface area contributed by atoms with E-state index >= 15 is 0 Å². The summed E-state index contributed by atoms with van der Waals surface area (Å²) < 4.78 is 0. The average molecular weight is 296 g/mol. The molecular weight excluding hydrogens is 274 g/mol. The predicted octanol–water partition coefficient (Wildman–Crippen LogP) is -6.21. The number of nitrogens with two attached hydrogens (primary N) is 4. The lowest BCUT2D eigenvalue weighted by molar-refractivity contribution is -0.116. The molecule has 0 fully saturated rings. The number of nitrogens with zero attached hydrogens (tertiary/aromatic N) is 2. The van der Waals surface area contributed by atoms with Gasteiger partial charge in [-0.1, -0.05) is 0 Å². The van der Waals surface area contributed by atoms with Crippen LogP contribution >= 0.6 is 0 Å². The zero-order valence-electron chi connectivity index (χ0n) is 11.1. The highest BCUT2D eigenvalue weighted by atomic mass is 35.5. The largest absolute Gasteiger partial charge is 1.00 e. The summed E-state index contributed by atoms with van der Waals surface area (Å²) in [6.07, 6.45) is 1.88. The maximum atomic E-state index is 8.94. The summed E-state index contributed by atoms with van der Waals surface area (Å²) in [5.41, 5.74) is 11.2. The second kappa shape index (κ2) is 21.1. The van der Waals surface area contributed by atoms with Gasteiger partial charge in [-0.25, -0.2) is 10.8 Å². The number of aromatic amines is 1. The molecule has 112 valence electrons. The van der Waals surface area contributed by atoms with E-state index < -0.39 is 0 Å². The van der Waals surface area contributed by atoms with Gasteiger partial charge in [0.1, 0.15) is 12.2 Å². The fourth-order valence-corrected chi connectivity index (χ4v) is 0.267. The Bertz CT molecular complexity index is 294. The van der Waals surface area contributed by atoms with E-state index in [4.69, 9.17) is 27.1 Å². The number of hydrogen-bond acceptors (Lipinski definition) is 5. The Labute approximate surface area is 117 Å². The van der Waals surface area contributed by atoms with Crippen molar-refractivity contribution >= 4 is 18.1 Å². The lowest BCUT2D eigenvalue weighted by Gasteiger charge is -1.66. The van der Waals surface area contributed by atoms with Gasteiger partial charge in [0, 0.05) is 6.92 Å². The van der Waals surface area contributed by atoms with E-state index in [1.54, 1.807) is 12.3 Å². The topological polar surface area (TPSA) is 198 Å². The molecule has 1 amide bonds. The van der Waals surface area contributed by atoms with Crippen molar-refractivity contribution < 1.29 is 22.6 Å². The van der Waals surface area contributed by atoms with E-state index in [1.165, 1.54) is 13.3 Å². The molecular formula is C8H22ClN9O. The normalized spacial score (nSPS) is 6.53. The molecule has 0 saturated heterocycles.